The molecule has 1 atom stereocenters. The number of carbonyl (C=O) groups is 1. The summed E-state index contributed by atoms with van der Waals surface area (Å²) in [4.78, 5) is 32.1. The number of H-pyrrole nitrogens is 1. The second-order valence-electron chi connectivity index (χ2n) is 10.8. The molecule has 0 radical (unpaired) electrons. The highest BCUT2D eigenvalue weighted by Crippen LogP contribution is 2.40. The maximum atomic E-state index is 13.5. The SMILES string of the molecule is CCn1ncc2c(Nc3cc(C)[nH]n3)nc([C@H]3CC[C@](OC)(C(=O)N[C@@H](C)c4cnc(-n5cc(F)cn5)cn4)CC3)nc21. The van der Waals surface area contributed by atoms with Crippen molar-refractivity contribution >= 4 is 28.6 Å². The number of methoxy groups -OCH3 is 1. The summed E-state index contributed by atoms with van der Waals surface area (Å²) in [5.74, 6) is 1.73. The van der Waals surface area contributed by atoms with Gasteiger partial charge in [-0.25, -0.2) is 28.7 Å². The molecule has 15 heteroatoms. The molecule has 0 saturated heterocycles. The zero-order chi connectivity index (χ0) is 30.1. The van der Waals surface area contributed by atoms with Gasteiger partial charge < -0.3 is 15.4 Å². The molecular formula is C28H33FN12O2. The molecule has 0 aromatic carbocycles. The minimum Gasteiger partial charge on any atom is -0.368 e. The van der Waals surface area contributed by atoms with Crippen molar-refractivity contribution in [3.8, 4) is 5.82 Å². The van der Waals surface area contributed by atoms with Gasteiger partial charge in [-0.2, -0.15) is 15.3 Å². The van der Waals surface area contributed by atoms with E-state index >= 15 is 0 Å². The lowest BCUT2D eigenvalue weighted by Gasteiger charge is -2.38. The largest absolute Gasteiger partial charge is 0.368 e. The number of amides is 1. The van der Waals surface area contributed by atoms with E-state index in [9.17, 15) is 9.18 Å². The Kier molecular flexibility index (Phi) is 7.56. The molecule has 1 saturated carbocycles. The first-order chi connectivity index (χ1) is 20.8. The standard InChI is InChI=1S/C28H33FN12O2/c1-5-40-26-20(12-33-40)25(35-22-10-16(2)38-39-22)36-24(37-26)18-6-8-28(43-4,9-7-18)27(42)34-17(3)21-13-31-23(14-30-21)41-15-19(29)11-32-41/h10-15,17-18H,5-9H2,1-4H3,(H,34,42)(H2,35,36,37,38,39)/t17-,18-,28+/m0/s1. The number of nitrogens with zero attached hydrogens (tertiary/aromatic N) is 9. The average molecular weight is 589 g/mol. The van der Waals surface area contributed by atoms with Crippen LogP contribution in [0.4, 0.5) is 16.0 Å². The number of aromatic nitrogens is 10. The van der Waals surface area contributed by atoms with Crippen molar-refractivity contribution in [1.29, 1.82) is 0 Å². The summed E-state index contributed by atoms with van der Waals surface area (Å²) in [6.45, 7) is 6.46. The smallest absolute Gasteiger partial charge is 0.252 e. The Bertz CT molecular complexity index is 1740. The number of nitrogens with one attached hydrogen (secondary N) is 3. The van der Waals surface area contributed by atoms with Crippen LogP contribution in [0.5, 0.6) is 0 Å². The van der Waals surface area contributed by atoms with Gasteiger partial charge in [0.15, 0.2) is 23.1 Å². The minimum atomic E-state index is -0.992. The quantitative estimate of drug-likeness (QED) is 0.231. The zero-order valence-electron chi connectivity index (χ0n) is 24.4. The summed E-state index contributed by atoms with van der Waals surface area (Å²) in [7, 11) is 1.57. The monoisotopic (exact) mass is 588 g/mol. The van der Waals surface area contributed by atoms with Crippen LogP contribution in [0.1, 0.15) is 68.7 Å². The van der Waals surface area contributed by atoms with Crippen LogP contribution in [-0.4, -0.2) is 68.3 Å². The number of hydrogen-bond acceptors (Lipinski definition) is 10. The number of aromatic amines is 1. The second kappa shape index (κ2) is 11.5. The molecule has 1 amide bonds. The van der Waals surface area contributed by atoms with Crippen molar-refractivity contribution in [3.63, 3.8) is 0 Å². The highest BCUT2D eigenvalue weighted by Gasteiger charge is 2.43. The Labute approximate surface area is 246 Å². The third kappa shape index (κ3) is 5.55. The summed E-state index contributed by atoms with van der Waals surface area (Å²) >= 11 is 0. The zero-order valence-corrected chi connectivity index (χ0v) is 24.4. The van der Waals surface area contributed by atoms with Crippen molar-refractivity contribution in [1.82, 2.24) is 55.0 Å². The van der Waals surface area contributed by atoms with Gasteiger partial charge in [-0.15, -0.1) is 0 Å². The molecule has 5 heterocycles. The molecule has 0 unspecified atom stereocenters. The molecular weight excluding hydrogens is 555 g/mol. The van der Waals surface area contributed by atoms with E-state index in [1.807, 2.05) is 31.5 Å². The van der Waals surface area contributed by atoms with Crippen molar-refractivity contribution < 1.29 is 13.9 Å². The predicted octanol–water partition coefficient (Wildman–Crippen LogP) is 3.66. The number of ether oxygens (including phenoxy) is 1. The van der Waals surface area contributed by atoms with Gasteiger partial charge in [0.25, 0.3) is 5.91 Å². The van der Waals surface area contributed by atoms with E-state index in [0.717, 1.165) is 22.9 Å². The topological polar surface area (TPSA) is 166 Å². The van der Waals surface area contributed by atoms with E-state index < -0.39 is 17.5 Å². The van der Waals surface area contributed by atoms with Crippen LogP contribution < -0.4 is 10.6 Å². The number of carbonyl (C=O) groups excluding carboxylic acids is 1. The number of anilines is 2. The maximum absolute atomic E-state index is 13.5. The van der Waals surface area contributed by atoms with E-state index in [4.69, 9.17) is 14.7 Å². The van der Waals surface area contributed by atoms with Gasteiger partial charge >= 0.3 is 0 Å². The highest BCUT2D eigenvalue weighted by atomic mass is 19.1. The Hall–Kier alpha value is -4.79. The molecule has 1 aliphatic rings. The van der Waals surface area contributed by atoms with E-state index in [1.54, 1.807) is 19.5 Å². The van der Waals surface area contributed by atoms with Crippen LogP contribution in [0, 0.1) is 12.7 Å². The average Bonchev–Trinajstić information content (AvgIpc) is 3.76. The van der Waals surface area contributed by atoms with Gasteiger partial charge in [-0.05, 0) is 46.5 Å². The molecule has 5 aromatic heterocycles. The van der Waals surface area contributed by atoms with Gasteiger partial charge in [0, 0.05) is 31.3 Å². The van der Waals surface area contributed by atoms with Crippen molar-refractivity contribution in [3.05, 3.63) is 60.1 Å². The minimum absolute atomic E-state index is 0.0325. The fraction of sp³-hybridized carbons (Fsp3) is 0.429. The van der Waals surface area contributed by atoms with Crippen LogP contribution in [0.2, 0.25) is 0 Å². The van der Waals surface area contributed by atoms with E-state index in [0.29, 0.717) is 61.2 Å². The Morgan fingerprint density at radius 1 is 1.19 bits per heavy atom. The molecule has 14 nitrogen and oxygen atoms in total. The molecule has 1 fully saturated rings. The lowest BCUT2D eigenvalue weighted by Crippen LogP contribution is -2.51. The molecule has 0 bridgehead atoms. The first-order valence-electron chi connectivity index (χ1n) is 14.2. The molecule has 5 aromatic rings. The summed E-state index contributed by atoms with van der Waals surface area (Å²) in [5.41, 5.74) is 1.25. The van der Waals surface area contributed by atoms with Crippen molar-refractivity contribution in [2.45, 2.75) is 70.6 Å². The molecule has 224 valence electrons. The summed E-state index contributed by atoms with van der Waals surface area (Å²) in [6.07, 6.45) is 9.43. The van der Waals surface area contributed by atoms with Gasteiger partial charge in [0.05, 0.1) is 48.1 Å². The molecule has 43 heavy (non-hydrogen) atoms. The molecule has 1 aliphatic carbocycles. The Morgan fingerprint density at radius 2 is 2.00 bits per heavy atom. The molecule has 3 N–H and O–H groups in total. The summed E-state index contributed by atoms with van der Waals surface area (Å²) < 4.78 is 22.3. The number of fused-ring (bicyclic) bond motifs is 1. The second-order valence-corrected chi connectivity index (χ2v) is 10.8. The van der Waals surface area contributed by atoms with Gasteiger partial charge in [0.1, 0.15) is 17.2 Å². The first-order valence-corrected chi connectivity index (χ1v) is 14.2. The van der Waals surface area contributed by atoms with Crippen LogP contribution >= 0.6 is 0 Å². The van der Waals surface area contributed by atoms with Crippen LogP contribution in [0.25, 0.3) is 16.9 Å². The van der Waals surface area contributed by atoms with Gasteiger partial charge in [0.2, 0.25) is 0 Å². The fourth-order valence-corrected chi connectivity index (χ4v) is 5.45. The highest BCUT2D eigenvalue weighted by molar-refractivity contribution is 5.88. The van der Waals surface area contributed by atoms with E-state index in [2.05, 4.69) is 41.0 Å². The first kappa shape index (κ1) is 28.3. The van der Waals surface area contributed by atoms with E-state index in [-0.39, 0.29) is 11.8 Å². The van der Waals surface area contributed by atoms with Crippen molar-refractivity contribution in [2.24, 2.45) is 0 Å². The predicted molar refractivity (Wildman–Crippen MR) is 154 cm³/mol. The van der Waals surface area contributed by atoms with E-state index in [1.165, 1.54) is 17.1 Å². The number of rotatable bonds is 9. The number of halogens is 1. The normalized spacial score (nSPS) is 19.4. The summed E-state index contributed by atoms with van der Waals surface area (Å²) in [5, 5.41) is 22.8. The third-order valence-corrected chi connectivity index (χ3v) is 7.96. The summed E-state index contributed by atoms with van der Waals surface area (Å²) in [6, 6.07) is 1.48. The van der Waals surface area contributed by atoms with Gasteiger partial charge in [-0.3, -0.25) is 14.9 Å². The number of aryl methyl sites for hydroxylation is 2. The molecule has 6 rings (SSSR count). The Balaban J connectivity index is 1.16. The fourth-order valence-electron chi connectivity index (χ4n) is 5.45. The van der Waals surface area contributed by atoms with Gasteiger partial charge in [-0.1, -0.05) is 0 Å². The molecule has 0 spiro atoms. The van der Waals surface area contributed by atoms with Crippen LogP contribution in [-0.2, 0) is 16.1 Å². The van der Waals surface area contributed by atoms with Crippen LogP contribution in [0.3, 0.4) is 0 Å². The Morgan fingerprint density at radius 3 is 2.63 bits per heavy atom. The third-order valence-electron chi connectivity index (χ3n) is 7.96. The van der Waals surface area contributed by atoms with Crippen molar-refractivity contribution in [2.75, 3.05) is 12.4 Å². The number of hydrogen-bond donors (Lipinski definition) is 3. The maximum Gasteiger partial charge on any atom is 0.252 e. The lowest BCUT2D eigenvalue weighted by molar-refractivity contribution is -0.148. The lowest BCUT2D eigenvalue weighted by atomic mass is 9.77. The molecule has 0 aliphatic heterocycles. The van der Waals surface area contributed by atoms with Crippen LogP contribution in [0.15, 0.2) is 37.1 Å².